The fourth-order valence-corrected chi connectivity index (χ4v) is 1.54. The summed E-state index contributed by atoms with van der Waals surface area (Å²) in [6.07, 6.45) is 1.03. The summed E-state index contributed by atoms with van der Waals surface area (Å²) in [4.78, 5) is 21.5. The number of nitrogens with two attached hydrogens (primary N) is 1. The number of primary amides is 1. The van der Waals surface area contributed by atoms with Gasteiger partial charge in [-0.15, -0.1) is 0 Å². The molecule has 0 bridgehead atoms. The topological polar surface area (TPSA) is 128 Å². The van der Waals surface area contributed by atoms with E-state index in [0.717, 1.165) is 6.08 Å². The molecule has 8 nitrogen and oxygen atoms in total. The molecule has 0 aliphatic rings. The molecule has 0 spiro atoms. The molecule has 0 fully saturated rings. The van der Waals surface area contributed by atoms with Crippen molar-refractivity contribution in [3.63, 3.8) is 0 Å². The Morgan fingerprint density at radius 1 is 1.45 bits per heavy atom. The monoisotopic (exact) mass is 277 g/mol. The number of carbonyl (C=O) groups is 1. The maximum absolute atomic E-state index is 11.2. The van der Waals surface area contributed by atoms with E-state index in [4.69, 9.17) is 20.5 Å². The summed E-state index contributed by atoms with van der Waals surface area (Å²) >= 11 is 0. The number of carbonyl (C=O) groups excluding carboxylic acids is 1. The summed E-state index contributed by atoms with van der Waals surface area (Å²) < 4.78 is 9.90. The second-order valence-electron chi connectivity index (χ2n) is 3.53. The number of methoxy groups -OCH3 is 2. The number of nitro benzene ring substituents is 1. The first-order valence-electron chi connectivity index (χ1n) is 5.27. The third kappa shape index (κ3) is 2.84. The summed E-state index contributed by atoms with van der Waals surface area (Å²) in [6, 6.07) is 4.33. The average Bonchev–Trinajstić information content (AvgIpc) is 2.42. The lowest BCUT2D eigenvalue weighted by Crippen LogP contribution is -2.12. The zero-order valence-corrected chi connectivity index (χ0v) is 10.7. The van der Waals surface area contributed by atoms with Crippen LogP contribution in [0.1, 0.15) is 5.56 Å². The normalized spacial score (nSPS) is 10.6. The van der Waals surface area contributed by atoms with E-state index >= 15 is 0 Å². The molecular formula is C12H11N3O5. The van der Waals surface area contributed by atoms with Crippen LogP contribution in [0, 0.1) is 21.4 Å². The zero-order valence-electron chi connectivity index (χ0n) is 10.7. The molecule has 0 aliphatic heterocycles. The van der Waals surface area contributed by atoms with Crippen LogP contribution in [-0.2, 0) is 4.79 Å². The number of benzene rings is 1. The Morgan fingerprint density at radius 3 is 2.50 bits per heavy atom. The molecule has 1 aromatic carbocycles. The Balaban J connectivity index is 3.61. The Bertz CT molecular complexity index is 631. The number of rotatable bonds is 5. The van der Waals surface area contributed by atoms with E-state index in [2.05, 4.69) is 0 Å². The van der Waals surface area contributed by atoms with Crippen molar-refractivity contribution < 1.29 is 19.2 Å². The van der Waals surface area contributed by atoms with Crippen molar-refractivity contribution in [2.45, 2.75) is 0 Å². The van der Waals surface area contributed by atoms with Gasteiger partial charge in [0.2, 0.25) is 5.75 Å². The molecule has 1 aromatic rings. The number of amides is 1. The summed E-state index contributed by atoms with van der Waals surface area (Å²) in [5.41, 5.74) is 4.19. The number of hydrogen-bond acceptors (Lipinski definition) is 6. The largest absolute Gasteiger partial charge is 0.493 e. The summed E-state index contributed by atoms with van der Waals surface area (Å²) in [5.74, 6) is -0.918. The van der Waals surface area contributed by atoms with Crippen LogP contribution < -0.4 is 15.2 Å². The molecule has 20 heavy (non-hydrogen) atoms. The highest BCUT2D eigenvalue weighted by atomic mass is 16.6. The molecule has 1 rings (SSSR count). The molecule has 0 radical (unpaired) electrons. The highest BCUT2D eigenvalue weighted by Gasteiger charge is 2.24. The predicted molar refractivity (Wildman–Crippen MR) is 69.0 cm³/mol. The molecule has 0 atom stereocenters. The van der Waals surface area contributed by atoms with Gasteiger partial charge in [-0.2, -0.15) is 5.26 Å². The SMILES string of the molecule is COc1ccc(C=C(C#N)C(N)=O)c([N+](=O)[O-])c1OC. The molecule has 1 amide bonds. The van der Waals surface area contributed by atoms with Crippen molar-refractivity contribution in [2.24, 2.45) is 5.73 Å². The summed E-state index contributed by atoms with van der Waals surface area (Å²) in [7, 11) is 2.58. The first kappa shape index (κ1) is 15.0. The van der Waals surface area contributed by atoms with Gasteiger partial charge < -0.3 is 15.2 Å². The molecule has 104 valence electrons. The van der Waals surface area contributed by atoms with E-state index in [1.54, 1.807) is 6.07 Å². The second kappa shape index (κ2) is 6.19. The first-order chi connectivity index (χ1) is 9.46. The zero-order chi connectivity index (χ0) is 15.3. The van der Waals surface area contributed by atoms with Crippen molar-refractivity contribution in [3.8, 4) is 17.6 Å². The van der Waals surface area contributed by atoms with Crippen molar-refractivity contribution >= 4 is 17.7 Å². The van der Waals surface area contributed by atoms with Gasteiger partial charge in [-0.05, 0) is 18.2 Å². The molecule has 0 heterocycles. The van der Waals surface area contributed by atoms with Crippen LogP contribution >= 0.6 is 0 Å². The lowest BCUT2D eigenvalue weighted by atomic mass is 10.1. The summed E-state index contributed by atoms with van der Waals surface area (Å²) in [6.45, 7) is 0. The lowest BCUT2D eigenvalue weighted by Gasteiger charge is -2.09. The van der Waals surface area contributed by atoms with Crippen LogP contribution in [0.4, 0.5) is 5.69 Å². The van der Waals surface area contributed by atoms with Gasteiger partial charge in [0.1, 0.15) is 11.6 Å². The van der Waals surface area contributed by atoms with E-state index in [-0.39, 0.29) is 17.1 Å². The minimum absolute atomic E-state index is 0.0167. The number of ether oxygens (including phenoxy) is 2. The average molecular weight is 277 g/mol. The van der Waals surface area contributed by atoms with E-state index in [9.17, 15) is 14.9 Å². The molecule has 0 saturated carbocycles. The highest BCUT2D eigenvalue weighted by Crippen LogP contribution is 2.40. The lowest BCUT2D eigenvalue weighted by molar-refractivity contribution is -0.386. The third-order valence-corrected chi connectivity index (χ3v) is 2.42. The third-order valence-electron chi connectivity index (χ3n) is 2.42. The van der Waals surface area contributed by atoms with Crippen LogP contribution in [0.3, 0.4) is 0 Å². The molecular weight excluding hydrogens is 266 g/mol. The fraction of sp³-hybridized carbons (Fsp3) is 0.167. The van der Waals surface area contributed by atoms with Gasteiger partial charge >= 0.3 is 5.69 Å². The molecule has 0 aromatic heterocycles. The van der Waals surface area contributed by atoms with Gasteiger partial charge in [0.15, 0.2) is 5.75 Å². The number of nitriles is 1. The van der Waals surface area contributed by atoms with Gasteiger partial charge in [0, 0.05) is 0 Å². The van der Waals surface area contributed by atoms with Crippen LogP contribution in [-0.4, -0.2) is 25.1 Å². The minimum Gasteiger partial charge on any atom is -0.493 e. The standard InChI is InChI=1S/C12H11N3O5/c1-19-9-4-3-7(5-8(6-13)12(14)16)10(15(17)18)11(9)20-2/h3-5H,1-2H3,(H2,14,16). The number of nitro groups is 1. The highest BCUT2D eigenvalue weighted by molar-refractivity contribution is 6.01. The van der Waals surface area contributed by atoms with Crippen LogP contribution in [0.5, 0.6) is 11.5 Å². The second-order valence-corrected chi connectivity index (χ2v) is 3.53. The predicted octanol–water partition coefficient (Wildman–Crippen LogP) is 1.00. The van der Waals surface area contributed by atoms with E-state index < -0.39 is 22.1 Å². The van der Waals surface area contributed by atoms with E-state index in [1.165, 1.54) is 26.4 Å². The smallest absolute Gasteiger partial charge is 0.322 e. The Morgan fingerprint density at radius 2 is 2.10 bits per heavy atom. The number of nitrogens with zero attached hydrogens (tertiary/aromatic N) is 2. The van der Waals surface area contributed by atoms with E-state index in [1.807, 2.05) is 0 Å². The van der Waals surface area contributed by atoms with Crippen molar-refractivity contribution in [3.05, 3.63) is 33.4 Å². The first-order valence-corrected chi connectivity index (χ1v) is 5.27. The maximum Gasteiger partial charge on any atom is 0.322 e. The fourth-order valence-electron chi connectivity index (χ4n) is 1.54. The van der Waals surface area contributed by atoms with Gasteiger partial charge in [0.05, 0.1) is 24.7 Å². The van der Waals surface area contributed by atoms with Crippen molar-refractivity contribution in [1.82, 2.24) is 0 Å². The van der Waals surface area contributed by atoms with Crippen molar-refractivity contribution in [1.29, 1.82) is 5.26 Å². The van der Waals surface area contributed by atoms with Gasteiger partial charge in [0.25, 0.3) is 5.91 Å². The van der Waals surface area contributed by atoms with Gasteiger partial charge in [-0.25, -0.2) is 0 Å². The Hall–Kier alpha value is -3.08. The molecule has 0 aliphatic carbocycles. The molecule has 0 unspecified atom stereocenters. The molecule has 0 saturated heterocycles. The summed E-state index contributed by atoms with van der Waals surface area (Å²) in [5, 5.41) is 19.9. The van der Waals surface area contributed by atoms with Crippen molar-refractivity contribution in [2.75, 3.05) is 14.2 Å². The maximum atomic E-state index is 11.2. The molecule has 8 heteroatoms. The van der Waals surface area contributed by atoms with Crippen LogP contribution in [0.25, 0.3) is 6.08 Å². The van der Waals surface area contributed by atoms with Gasteiger partial charge in [-0.1, -0.05) is 0 Å². The van der Waals surface area contributed by atoms with E-state index in [0.29, 0.717) is 0 Å². The van der Waals surface area contributed by atoms with Crippen LogP contribution in [0.2, 0.25) is 0 Å². The Labute approximate surface area is 114 Å². The quantitative estimate of drug-likeness (QED) is 0.370. The van der Waals surface area contributed by atoms with Crippen LogP contribution in [0.15, 0.2) is 17.7 Å². The molecule has 2 N–H and O–H groups in total. The Kier molecular flexibility index (Phi) is 4.64. The minimum atomic E-state index is -0.975. The number of hydrogen-bond donors (Lipinski definition) is 1. The van der Waals surface area contributed by atoms with Gasteiger partial charge in [-0.3, -0.25) is 14.9 Å².